The molecule has 0 aromatic rings. The standard InChI is InChI=1S/C11H22N4O2.HI/c1-8(2)14-10(16)6-13-11(12)15-4-5-17-9(3)7-15;/h8-9H,4-7H2,1-3H3,(H2,12,13)(H,14,16);1H. The van der Waals surface area contributed by atoms with E-state index in [1.54, 1.807) is 0 Å². The van der Waals surface area contributed by atoms with Crippen LogP contribution in [-0.2, 0) is 9.53 Å². The molecule has 1 rings (SSSR count). The van der Waals surface area contributed by atoms with Crippen LogP contribution in [0, 0.1) is 0 Å². The number of amides is 1. The number of carbonyl (C=O) groups is 1. The number of morpholine rings is 1. The van der Waals surface area contributed by atoms with E-state index in [1.165, 1.54) is 0 Å². The number of carbonyl (C=O) groups excluding carboxylic acids is 1. The Morgan fingerprint density at radius 3 is 2.83 bits per heavy atom. The van der Waals surface area contributed by atoms with Crippen molar-refractivity contribution in [2.24, 2.45) is 10.7 Å². The first-order valence-corrected chi connectivity index (χ1v) is 5.95. The molecule has 1 aliphatic rings. The number of aliphatic imine (C=N–C) groups is 1. The number of hydrogen-bond donors (Lipinski definition) is 2. The highest BCUT2D eigenvalue weighted by Crippen LogP contribution is 2.03. The number of nitrogens with zero attached hydrogens (tertiary/aromatic N) is 2. The van der Waals surface area contributed by atoms with Gasteiger partial charge in [0, 0.05) is 19.1 Å². The minimum atomic E-state index is -0.107. The summed E-state index contributed by atoms with van der Waals surface area (Å²) in [6.07, 6.45) is 0.155. The van der Waals surface area contributed by atoms with Crippen LogP contribution in [0.5, 0.6) is 0 Å². The average Bonchev–Trinajstić information content (AvgIpc) is 2.25. The molecule has 1 atom stereocenters. The third-order valence-electron chi connectivity index (χ3n) is 2.40. The van der Waals surface area contributed by atoms with Crippen molar-refractivity contribution in [3.8, 4) is 0 Å². The van der Waals surface area contributed by atoms with Gasteiger partial charge in [-0.2, -0.15) is 0 Å². The Hall–Kier alpha value is -0.570. The molecule has 0 aromatic heterocycles. The van der Waals surface area contributed by atoms with Crippen LogP contribution >= 0.6 is 24.0 Å². The van der Waals surface area contributed by atoms with Crippen LogP contribution in [0.3, 0.4) is 0 Å². The molecule has 0 radical (unpaired) electrons. The summed E-state index contributed by atoms with van der Waals surface area (Å²) in [6, 6.07) is 0.127. The van der Waals surface area contributed by atoms with Gasteiger partial charge in [-0.15, -0.1) is 24.0 Å². The molecule has 0 bridgehead atoms. The number of guanidine groups is 1. The van der Waals surface area contributed by atoms with Gasteiger partial charge in [-0.25, -0.2) is 4.99 Å². The summed E-state index contributed by atoms with van der Waals surface area (Å²) in [5, 5.41) is 2.77. The van der Waals surface area contributed by atoms with E-state index in [0.717, 1.165) is 13.1 Å². The van der Waals surface area contributed by atoms with Gasteiger partial charge in [0.1, 0.15) is 6.54 Å². The molecule has 7 heteroatoms. The van der Waals surface area contributed by atoms with Gasteiger partial charge in [0.25, 0.3) is 0 Å². The first kappa shape index (κ1) is 17.4. The molecule has 1 amide bonds. The van der Waals surface area contributed by atoms with Crippen molar-refractivity contribution in [3.63, 3.8) is 0 Å². The summed E-state index contributed by atoms with van der Waals surface area (Å²) in [5.41, 5.74) is 5.83. The van der Waals surface area contributed by atoms with Crippen molar-refractivity contribution >= 4 is 35.8 Å². The zero-order chi connectivity index (χ0) is 12.8. The van der Waals surface area contributed by atoms with Gasteiger partial charge < -0.3 is 20.7 Å². The number of nitrogens with one attached hydrogen (secondary N) is 1. The molecular weight excluding hydrogens is 347 g/mol. The molecule has 1 unspecified atom stereocenters. The second-order valence-corrected chi connectivity index (χ2v) is 4.52. The van der Waals surface area contributed by atoms with Gasteiger partial charge in [-0.1, -0.05) is 0 Å². The van der Waals surface area contributed by atoms with E-state index >= 15 is 0 Å². The summed E-state index contributed by atoms with van der Waals surface area (Å²) in [6.45, 7) is 7.99. The molecule has 3 N–H and O–H groups in total. The number of nitrogens with two attached hydrogens (primary N) is 1. The fraction of sp³-hybridized carbons (Fsp3) is 0.818. The smallest absolute Gasteiger partial charge is 0.242 e. The van der Waals surface area contributed by atoms with Gasteiger partial charge in [-0.3, -0.25) is 4.79 Å². The second kappa shape index (κ2) is 8.52. The fourth-order valence-electron chi connectivity index (χ4n) is 1.65. The molecule has 1 heterocycles. The maximum atomic E-state index is 11.4. The monoisotopic (exact) mass is 370 g/mol. The van der Waals surface area contributed by atoms with Crippen LogP contribution in [0.2, 0.25) is 0 Å². The Bertz CT molecular complexity index is 297. The van der Waals surface area contributed by atoms with Crippen molar-refractivity contribution in [3.05, 3.63) is 0 Å². The average molecular weight is 370 g/mol. The van der Waals surface area contributed by atoms with E-state index in [4.69, 9.17) is 10.5 Å². The van der Waals surface area contributed by atoms with Crippen molar-refractivity contribution in [2.45, 2.75) is 32.9 Å². The molecule has 1 fully saturated rings. The Morgan fingerprint density at radius 2 is 2.28 bits per heavy atom. The molecule has 1 aliphatic heterocycles. The number of ether oxygens (including phenoxy) is 1. The molecule has 0 spiro atoms. The van der Waals surface area contributed by atoms with Crippen molar-refractivity contribution in [1.82, 2.24) is 10.2 Å². The third kappa shape index (κ3) is 6.39. The van der Waals surface area contributed by atoms with E-state index in [2.05, 4.69) is 10.3 Å². The maximum Gasteiger partial charge on any atom is 0.242 e. The van der Waals surface area contributed by atoms with Gasteiger partial charge in [0.15, 0.2) is 5.96 Å². The van der Waals surface area contributed by atoms with Crippen LogP contribution in [0.25, 0.3) is 0 Å². The maximum absolute atomic E-state index is 11.4. The first-order valence-electron chi connectivity index (χ1n) is 5.95. The van der Waals surface area contributed by atoms with Gasteiger partial charge in [0.05, 0.1) is 12.7 Å². The van der Waals surface area contributed by atoms with Crippen LogP contribution in [0.15, 0.2) is 4.99 Å². The highest BCUT2D eigenvalue weighted by molar-refractivity contribution is 14.0. The predicted molar refractivity (Wildman–Crippen MR) is 82.2 cm³/mol. The summed E-state index contributed by atoms with van der Waals surface area (Å²) in [4.78, 5) is 17.4. The van der Waals surface area contributed by atoms with Gasteiger partial charge in [-0.05, 0) is 20.8 Å². The van der Waals surface area contributed by atoms with Crippen LogP contribution in [-0.4, -0.2) is 55.2 Å². The quantitative estimate of drug-likeness (QED) is 0.422. The van der Waals surface area contributed by atoms with E-state index in [-0.39, 0.29) is 48.6 Å². The Kier molecular flexibility index (Phi) is 8.25. The van der Waals surface area contributed by atoms with Crippen LogP contribution in [0.4, 0.5) is 0 Å². The molecule has 6 nitrogen and oxygen atoms in total. The topological polar surface area (TPSA) is 80.0 Å². The SMILES string of the molecule is CC(C)NC(=O)CN=C(N)N1CCOC(C)C1.I. The van der Waals surface area contributed by atoms with Crippen molar-refractivity contribution < 1.29 is 9.53 Å². The fourth-order valence-corrected chi connectivity index (χ4v) is 1.65. The Labute approximate surface area is 125 Å². The Morgan fingerprint density at radius 1 is 1.61 bits per heavy atom. The van der Waals surface area contributed by atoms with Crippen molar-refractivity contribution in [2.75, 3.05) is 26.2 Å². The third-order valence-corrected chi connectivity index (χ3v) is 2.40. The lowest BCUT2D eigenvalue weighted by atomic mass is 10.3. The lowest BCUT2D eigenvalue weighted by Gasteiger charge is -2.31. The second-order valence-electron chi connectivity index (χ2n) is 4.52. The van der Waals surface area contributed by atoms with Crippen LogP contribution < -0.4 is 11.1 Å². The molecular formula is C11H23IN4O2. The van der Waals surface area contributed by atoms with E-state index < -0.39 is 0 Å². The summed E-state index contributed by atoms with van der Waals surface area (Å²) in [7, 11) is 0. The van der Waals surface area contributed by atoms with E-state index in [9.17, 15) is 4.79 Å². The molecule has 0 aliphatic carbocycles. The van der Waals surface area contributed by atoms with Crippen molar-refractivity contribution in [1.29, 1.82) is 0 Å². The van der Waals surface area contributed by atoms with E-state index in [1.807, 2.05) is 25.7 Å². The number of hydrogen-bond acceptors (Lipinski definition) is 3. The molecule has 18 heavy (non-hydrogen) atoms. The zero-order valence-corrected chi connectivity index (χ0v) is 13.5. The highest BCUT2D eigenvalue weighted by Gasteiger charge is 2.18. The lowest BCUT2D eigenvalue weighted by molar-refractivity contribution is -0.120. The summed E-state index contributed by atoms with van der Waals surface area (Å²) < 4.78 is 5.40. The summed E-state index contributed by atoms with van der Waals surface area (Å²) >= 11 is 0. The predicted octanol–water partition coefficient (Wildman–Crippen LogP) is 0.164. The van der Waals surface area contributed by atoms with Gasteiger partial charge >= 0.3 is 0 Å². The summed E-state index contributed by atoms with van der Waals surface area (Å²) in [5.74, 6) is 0.309. The molecule has 0 aromatic carbocycles. The minimum Gasteiger partial charge on any atom is -0.375 e. The van der Waals surface area contributed by atoms with Gasteiger partial charge in [0.2, 0.25) is 5.91 Å². The van der Waals surface area contributed by atoms with Crippen LogP contribution in [0.1, 0.15) is 20.8 Å². The minimum absolute atomic E-state index is 0. The Balaban J connectivity index is 0.00000289. The normalized spacial score (nSPS) is 20.6. The largest absolute Gasteiger partial charge is 0.375 e. The molecule has 106 valence electrons. The molecule has 0 saturated carbocycles. The zero-order valence-electron chi connectivity index (χ0n) is 11.2. The number of halogens is 1. The lowest BCUT2D eigenvalue weighted by Crippen LogP contribution is -2.48. The first-order chi connectivity index (χ1) is 7.99. The highest BCUT2D eigenvalue weighted by atomic mass is 127. The number of rotatable bonds is 3. The van der Waals surface area contributed by atoms with E-state index in [0.29, 0.717) is 12.6 Å². The molecule has 1 saturated heterocycles.